The number of hydrogen-bond acceptors (Lipinski definition) is 7. The van der Waals surface area contributed by atoms with E-state index in [9.17, 15) is 14.0 Å². The van der Waals surface area contributed by atoms with Gasteiger partial charge in [0.05, 0.1) is 29.1 Å². The maximum atomic E-state index is 13.4. The molecule has 0 radical (unpaired) electrons. The second-order valence-electron chi connectivity index (χ2n) is 6.99. The van der Waals surface area contributed by atoms with Gasteiger partial charge in [-0.15, -0.1) is 16.4 Å². The third kappa shape index (κ3) is 4.91. The molecule has 0 spiro atoms. The van der Waals surface area contributed by atoms with Crippen LogP contribution >= 0.6 is 22.9 Å². The summed E-state index contributed by atoms with van der Waals surface area (Å²) >= 11 is 7.15. The molecule has 1 N–H and O–H groups in total. The van der Waals surface area contributed by atoms with Crippen molar-refractivity contribution in [2.75, 3.05) is 12.4 Å². The molecule has 2 heterocycles. The third-order valence-electron chi connectivity index (χ3n) is 4.76. The molecular weight excluding hydrogens is 469 g/mol. The third-order valence-corrected chi connectivity index (χ3v) is 5.96. The molecule has 0 aliphatic rings. The maximum Gasteiger partial charge on any atom is 0.337 e. The zero-order chi connectivity index (χ0) is 23.5. The molecule has 0 aliphatic heterocycles. The molecule has 4 rings (SSSR count). The summed E-state index contributed by atoms with van der Waals surface area (Å²) in [6, 6.07) is 11.2. The normalized spacial score (nSPS) is 10.8. The summed E-state index contributed by atoms with van der Waals surface area (Å²) in [6.45, 7) is 1.67. The van der Waals surface area contributed by atoms with Gasteiger partial charge >= 0.3 is 5.97 Å². The van der Waals surface area contributed by atoms with Crippen molar-refractivity contribution in [2.24, 2.45) is 0 Å². The number of nitrogens with one attached hydrogen (secondary N) is 1. The summed E-state index contributed by atoms with van der Waals surface area (Å²) < 4.78 is 19.6. The van der Waals surface area contributed by atoms with E-state index in [-0.39, 0.29) is 10.7 Å². The lowest BCUT2D eigenvalue weighted by molar-refractivity contribution is 0.0600. The number of methoxy groups -OCH3 is 1. The first-order chi connectivity index (χ1) is 15.9. The Bertz CT molecular complexity index is 1350. The van der Waals surface area contributed by atoms with Gasteiger partial charge in [0.25, 0.3) is 5.91 Å². The van der Waals surface area contributed by atoms with Crippen LogP contribution in [0.5, 0.6) is 0 Å². The number of thiazole rings is 1. The molecule has 1 amide bonds. The highest BCUT2D eigenvalue weighted by Crippen LogP contribution is 2.24. The molecular formula is C22H17ClFN5O3S. The van der Waals surface area contributed by atoms with Crippen LogP contribution in [0.1, 0.15) is 37.0 Å². The first-order valence-electron chi connectivity index (χ1n) is 9.66. The van der Waals surface area contributed by atoms with Gasteiger partial charge in [0.15, 0.2) is 10.8 Å². The topological polar surface area (TPSA) is 99.0 Å². The van der Waals surface area contributed by atoms with Crippen LogP contribution in [0.2, 0.25) is 5.02 Å². The van der Waals surface area contributed by atoms with Gasteiger partial charge in [-0.1, -0.05) is 28.9 Å². The van der Waals surface area contributed by atoms with Gasteiger partial charge in [-0.2, -0.15) is 0 Å². The Labute approximate surface area is 197 Å². The van der Waals surface area contributed by atoms with Gasteiger partial charge < -0.3 is 4.74 Å². The number of carbonyl (C=O) groups is 2. The van der Waals surface area contributed by atoms with E-state index in [1.165, 1.54) is 41.3 Å². The number of carbonyl (C=O) groups excluding carboxylic acids is 2. The van der Waals surface area contributed by atoms with E-state index >= 15 is 0 Å². The Balaban J connectivity index is 1.47. The number of anilines is 1. The molecule has 168 valence electrons. The van der Waals surface area contributed by atoms with E-state index in [4.69, 9.17) is 16.3 Å². The van der Waals surface area contributed by atoms with Crippen LogP contribution in [0, 0.1) is 12.7 Å². The minimum atomic E-state index is -0.548. The molecule has 0 aliphatic carbocycles. The molecule has 0 saturated carbocycles. The van der Waals surface area contributed by atoms with Crippen molar-refractivity contribution < 1.29 is 18.7 Å². The maximum absolute atomic E-state index is 13.4. The predicted molar refractivity (Wildman–Crippen MR) is 122 cm³/mol. The first-order valence-corrected chi connectivity index (χ1v) is 10.9. The highest BCUT2D eigenvalue weighted by molar-refractivity contribution is 7.15. The average molecular weight is 486 g/mol. The summed E-state index contributed by atoms with van der Waals surface area (Å²) in [5, 5.41) is 11.0. The van der Waals surface area contributed by atoms with Crippen LogP contribution in [0.3, 0.4) is 0 Å². The van der Waals surface area contributed by atoms with Crippen molar-refractivity contribution in [3.8, 4) is 5.69 Å². The molecule has 2 aromatic heterocycles. The van der Waals surface area contributed by atoms with Gasteiger partial charge in [-0.05, 0) is 42.8 Å². The van der Waals surface area contributed by atoms with Crippen LogP contribution in [-0.2, 0) is 11.2 Å². The van der Waals surface area contributed by atoms with Crippen LogP contribution in [0.15, 0.2) is 48.7 Å². The van der Waals surface area contributed by atoms with Crippen molar-refractivity contribution in [2.45, 2.75) is 13.3 Å². The summed E-state index contributed by atoms with van der Waals surface area (Å²) in [6.07, 6.45) is 2.20. The first kappa shape index (κ1) is 22.6. The van der Waals surface area contributed by atoms with E-state index in [0.29, 0.717) is 28.5 Å². The van der Waals surface area contributed by atoms with Gasteiger partial charge in [0, 0.05) is 17.5 Å². The fourth-order valence-corrected chi connectivity index (χ4v) is 4.15. The number of amides is 1. The quantitative estimate of drug-likeness (QED) is 0.405. The van der Waals surface area contributed by atoms with Gasteiger partial charge in [0.1, 0.15) is 5.82 Å². The number of esters is 1. The Morgan fingerprint density at radius 2 is 2.06 bits per heavy atom. The average Bonchev–Trinajstić information content (AvgIpc) is 3.41. The summed E-state index contributed by atoms with van der Waals surface area (Å²) in [7, 11) is 1.34. The van der Waals surface area contributed by atoms with Crippen molar-refractivity contribution in [3.05, 3.63) is 86.9 Å². The van der Waals surface area contributed by atoms with Gasteiger partial charge in [-0.3, -0.25) is 10.1 Å². The van der Waals surface area contributed by atoms with Gasteiger partial charge in [0.2, 0.25) is 0 Å². The summed E-state index contributed by atoms with van der Waals surface area (Å²) in [5.74, 6) is -1.42. The highest BCUT2D eigenvalue weighted by atomic mass is 35.5. The molecule has 4 aromatic rings. The molecule has 8 nitrogen and oxygen atoms in total. The number of aromatic nitrogens is 4. The van der Waals surface area contributed by atoms with Crippen molar-refractivity contribution in [3.63, 3.8) is 0 Å². The van der Waals surface area contributed by atoms with Crippen LogP contribution in [-0.4, -0.2) is 39.0 Å². The minimum absolute atomic E-state index is 0.0548. The molecule has 0 bridgehead atoms. The van der Waals surface area contributed by atoms with Crippen molar-refractivity contribution in [1.29, 1.82) is 0 Å². The summed E-state index contributed by atoms with van der Waals surface area (Å²) in [4.78, 5) is 29.6. The van der Waals surface area contributed by atoms with E-state index < -0.39 is 17.7 Å². The number of ether oxygens (including phenoxy) is 1. The Hall–Kier alpha value is -3.63. The number of benzene rings is 2. The Kier molecular flexibility index (Phi) is 6.47. The zero-order valence-corrected chi connectivity index (χ0v) is 19.1. The molecule has 33 heavy (non-hydrogen) atoms. The lowest BCUT2D eigenvalue weighted by Gasteiger charge is -2.05. The van der Waals surface area contributed by atoms with E-state index in [2.05, 4.69) is 20.6 Å². The number of hydrogen-bond donors (Lipinski definition) is 1. The number of rotatable bonds is 6. The smallest absolute Gasteiger partial charge is 0.337 e. The van der Waals surface area contributed by atoms with Crippen molar-refractivity contribution >= 4 is 39.9 Å². The Morgan fingerprint density at radius 3 is 2.82 bits per heavy atom. The summed E-state index contributed by atoms with van der Waals surface area (Å²) in [5.41, 5.74) is 2.44. The molecule has 11 heteroatoms. The van der Waals surface area contributed by atoms with Crippen molar-refractivity contribution in [1.82, 2.24) is 20.0 Å². The minimum Gasteiger partial charge on any atom is -0.465 e. The second-order valence-corrected chi connectivity index (χ2v) is 8.51. The molecule has 2 aromatic carbocycles. The SMILES string of the molecule is COC(=O)c1cccc(Cc2cnc(NC(=O)c3nnn(-c4ccc(F)c(Cl)c4)c3C)s2)c1. The monoisotopic (exact) mass is 485 g/mol. The van der Waals surface area contributed by atoms with Crippen LogP contribution in [0.4, 0.5) is 9.52 Å². The van der Waals surface area contributed by atoms with Gasteiger partial charge in [-0.25, -0.2) is 18.9 Å². The lowest BCUT2D eigenvalue weighted by Crippen LogP contribution is -2.14. The van der Waals surface area contributed by atoms with Crippen LogP contribution in [0.25, 0.3) is 5.69 Å². The fourth-order valence-electron chi connectivity index (χ4n) is 3.13. The number of halogens is 2. The lowest BCUT2D eigenvalue weighted by atomic mass is 10.1. The molecule has 0 fully saturated rings. The van der Waals surface area contributed by atoms with E-state index in [0.717, 1.165) is 10.4 Å². The molecule has 0 unspecified atom stereocenters. The number of nitrogens with zero attached hydrogens (tertiary/aromatic N) is 4. The molecule has 0 saturated heterocycles. The second kappa shape index (κ2) is 9.47. The molecule has 0 atom stereocenters. The van der Waals surface area contributed by atoms with Crippen LogP contribution < -0.4 is 5.32 Å². The largest absolute Gasteiger partial charge is 0.465 e. The predicted octanol–water partition coefficient (Wildman–Crippen LogP) is 4.45. The zero-order valence-electron chi connectivity index (χ0n) is 17.5. The Morgan fingerprint density at radius 1 is 1.24 bits per heavy atom. The van der Waals surface area contributed by atoms with E-state index in [1.807, 2.05) is 6.07 Å². The fraction of sp³-hybridized carbons (Fsp3) is 0.136. The standard InChI is InChI=1S/C22H17ClFN5O3S/c1-12-19(27-28-29(12)15-6-7-18(24)17(23)10-15)20(30)26-22-25-11-16(33-22)9-13-4-3-5-14(8-13)21(31)32-2/h3-8,10-11H,9H2,1-2H3,(H,25,26,30). The highest BCUT2D eigenvalue weighted by Gasteiger charge is 2.19. The van der Waals surface area contributed by atoms with E-state index in [1.54, 1.807) is 31.3 Å².